The minimum atomic E-state index is -0.401. The van der Waals surface area contributed by atoms with Crippen LogP contribution in [0.3, 0.4) is 0 Å². The van der Waals surface area contributed by atoms with Gasteiger partial charge in [-0.25, -0.2) is 0 Å². The molecule has 86 valence electrons. The Labute approximate surface area is 100 Å². The van der Waals surface area contributed by atoms with E-state index in [4.69, 9.17) is 4.74 Å². The van der Waals surface area contributed by atoms with Crippen molar-refractivity contribution in [3.8, 4) is 16.9 Å². The maximum Gasteiger partial charge on any atom is 0.125 e. The molecule has 0 bridgehead atoms. The van der Waals surface area contributed by atoms with Crippen LogP contribution in [-0.4, -0.2) is 11.7 Å². The van der Waals surface area contributed by atoms with E-state index in [0.29, 0.717) is 13.0 Å². The fourth-order valence-corrected chi connectivity index (χ4v) is 2.19. The van der Waals surface area contributed by atoms with Gasteiger partial charge < -0.3 is 9.84 Å². The number of hydrogen-bond acceptors (Lipinski definition) is 2. The van der Waals surface area contributed by atoms with Gasteiger partial charge >= 0.3 is 0 Å². The first-order chi connectivity index (χ1) is 8.34. The first-order valence-electron chi connectivity index (χ1n) is 5.85. The highest BCUT2D eigenvalue weighted by atomic mass is 16.5. The van der Waals surface area contributed by atoms with E-state index in [1.54, 1.807) is 0 Å². The zero-order chi connectivity index (χ0) is 11.7. The molecule has 0 aliphatic carbocycles. The molecule has 1 N–H and O–H groups in total. The number of rotatable bonds is 1. The Morgan fingerprint density at radius 1 is 1.00 bits per heavy atom. The lowest BCUT2D eigenvalue weighted by Gasteiger charge is -2.22. The summed E-state index contributed by atoms with van der Waals surface area (Å²) in [6.07, 6.45) is 0.271. The average Bonchev–Trinajstić information content (AvgIpc) is 2.40. The van der Waals surface area contributed by atoms with Gasteiger partial charge in [0.15, 0.2) is 0 Å². The highest BCUT2D eigenvalue weighted by Crippen LogP contribution is 2.35. The number of benzene rings is 2. The van der Waals surface area contributed by atoms with Crippen molar-refractivity contribution in [2.24, 2.45) is 0 Å². The summed E-state index contributed by atoms with van der Waals surface area (Å²) < 4.78 is 5.52. The Bertz CT molecular complexity index is 520. The van der Waals surface area contributed by atoms with Crippen molar-refractivity contribution in [3.05, 3.63) is 54.1 Å². The smallest absolute Gasteiger partial charge is 0.125 e. The van der Waals surface area contributed by atoms with Crippen LogP contribution < -0.4 is 4.74 Å². The van der Waals surface area contributed by atoms with E-state index in [1.165, 1.54) is 0 Å². The Morgan fingerprint density at radius 3 is 2.65 bits per heavy atom. The molecule has 1 aliphatic heterocycles. The monoisotopic (exact) mass is 226 g/mol. The molecule has 0 radical (unpaired) electrons. The number of aliphatic hydroxyl groups is 1. The summed E-state index contributed by atoms with van der Waals surface area (Å²) in [6.45, 7) is 0.596. The number of aliphatic hydroxyl groups excluding tert-OH is 1. The molecule has 3 rings (SSSR count). The number of ether oxygens (including phenoxy) is 1. The molecule has 2 heteroatoms. The Hall–Kier alpha value is -1.80. The van der Waals surface area contributed by atoms with Crippen LogP contribution >= 0.6 is 0 Å². The molecule has 0 fully saturated rings. The molecule has 2 nitrogen and oxygen atoms in total. The van der Waals surface area contributed by atoms with Gasteiger partial charge in [-0.05, 0) is 23.3 Å². The zero-order valence-electron chi connectivity index (χ0n) is 9.47. The molecule has 1 heterocycles. The van der Waals surface area contributed by atoms with Crippen LogP contribution in [0, 0.1) is 0 Å². The minimum absolute atomic E-state index is 0.401. The summed E-state index contributed by atoms with van der Waals surface area (Å²) in [6, 6.07) is 16.2. The molecule has 0 aromatic heterocycles. The molecular formula is C15H14O2. The Balaban J connectivity index is 2.06. The van der Waals surface area contributed by atoms with Crippen molar-refractivity contribution >= 4 is 0 Å². The SMILES string of the molecule is O[C@@H]1CCOc2ccc(-c3ccccc3)cc21. The van der Waals surface area contributed by atoms with E-state index in [2.05, 4.69) is 12.1 Å². The maximum absolute atomic E-state index is 9.95. The van der Waals surface area contributed by atoms with Gasteiger partial charge in [0, 0.05) is 12.0 Å². The molecule has 0 unspecified atom stereocenters. The summed E-state index contributed by atoms with van der Waals surface area (Å²) >= 11 is 0. The van der Waals surface area contributed by atoms with E-state index < -0.39 is 6.10 Å². The number of hydrogen-bond donors (Lipinski definition) is 1. The third kappa shape index (κ3) is 1.92. The molecule has 1 atom stereocenters. The maximum atomic E-state index is 9.95. The van der Waals surface area contributed by atoms with E-state index in [0.717, 1.165) is 22.4 Å². The van der Waals surface area contributed by atoms with Gasteiger partial charge in [-0.1, -0.05) is 36.4 Å². The summed E-state index contributed by atoms with van der Waals surface area (Å²) in [5.41, 5.74) is 3.18. The molecule has 0 saturated carbocycles. The first-order valence-corrected chi connectivity index (χ1v) is 5.85. The van der Waals surface area contributed by atoms with Gasteiger partial charge in [0.25, 0.3) is 0 Å². The normalized spacial score (nSPS) is 18.3. The molecular weight excluding hydrogens is 212 g/mol. The van der Waals surface area contributed by atoms with Gasteiger partial charge in [-0.2, -0.15) is 0 Å². The standard InChI is InChI=1S/C15H14O2/c16-14-8-9-17-15-7-6-12(10-13(14)15)11-4-2-1-3-5-11/h1-7,10,14,16H,8-9H2/t14-/m1/s1. The predicted octanol–water partition coefficient (Wildman–Crippen LogP) is 3.17. The van der Waals surface area contributed by atoms with Crippen molar-refractivity contribution in [1.29, 1.82) is 0 Å². The van der Waals surface area contributed by atoms with Crippen molar-refractivity contribution < 1.29 is 9.84 Å². The Kier molecular flexibility index (Phi) is 2.57. The third-order valence-corrected chi connectivity index (χ3v) is 3.12. The van der Waals surface area contributed by atoms with Crippen molar-refractivity contribution in [2.45, 2.75) is 12.5 Å². The van der Waals surface area contributed by atoms with Crippen molar-refractivity contribution in [2.75, 3.05) is 6.61 Å². The molecule has 0 amide bonds. The van der Waals surface area contributed by atoms with E-state index in [-0.39, 0.29) is 0 Å². The molecule has 17 heavy (non-hydrogen) atoms. The average molecular weight is 226 g/mol. The number of fused-ring (bicyclic) bond motifs is 1. The van der Waals surface area contributed by atoms with Gasteiger partial charge in [-0.15, -0.1) is 0 Å². The topological polar surface area (TPSA) is 29.5 Å². The molecule has 2 aromatic rings. The lowest BCUT2D eigenvalue weighted by Crippen LogP contribution is -2.13. The van der Waals surface area contributed by atoms with Crippen LogP contribution in [0.4, 0.5) is 0 Å². The summed E-state index contributed by atoms with van der Waals surface area (Å²) in [4.78, 5) is 0. The fraction of sp³-hybridized carbons (Fsp3) is 0.200. The van der Waals surface area contributed by atoms with E-state index >= 15 is 0 Å². The van der Waals surface area contributed by atoms with Gasteiger partial charge in [0.2, 0.25) is 0 Å². The predicted molar refractivity (Wildman–Crippen MR) is 66.9 cm³/mol. The lowest BCUT2D eigenvalue weighted by molar-refractivity contribution is 0.115. The lowest BCUT2D eigenvalue weighted by atomic mass is 9.97. The second-order valence-corrected chi connectivity index (χ2v) is 4.27. The van der Waals surface area contributed by atoms with Crippen LogP contribution in [0.2, 0.25) is 0 Å². The van der Waals surface area contributed by atoms with Crippen molar-refractivity contribution in [1.82, 2.24) is 0 Å². The highest BCUT2D eigenvalue weighted by Gasteiger charge is 2.19. The van der Waals surface area contributed by atoms with E-state index in [1.807, 2.05) is 36.4 Å². The summed E-state index contributed by atoms with van der Waals surface area (Å²) in [7, 11) is 0. The highest BCUT2D eigenvalue weighted by molar-refractivity contribution is 5.66. The second-order valence-electron chi connectivity index (χ2n) is 4.27. The fourth-order valence-electron chi connectivity index (χ4n) is 2.19. The van der Waals surface area contributed by atoms with Crippen LogP contribution in [0.15, 0.2) is 48.5 Å². The van der Waals surface area contributed by atoms with Crippen LogP contribution in [0.5, 0.6) is 5.75 Å². The van der Waals surface area contributed by atoms with Crippen molar-refractivity contribution in [3.63, 3.8) is 0 Å². The van der Waals surface area contributed by atoms with Gasteiger partial charge in [0.1, 0.15) is 5.75 Å². The molecule has 1 aliphatic rings. The summed E-state index contributed by atoms with van der Waals surface area (Å²) in [5, 5.41) is 9.95. The van der Waals surface area contributed by atoms with Crippen LogP contribution in [0.1, 0.15) is 18.1 Å². The quantitative estimate of drug-likeness (QED) is 0.809. The molecule has 0 spiro atoms. The van der Waals surface area contributed by atoms with Gasteiger partial charge in [0.05, 0.1) is 12.7 Å². The largest absolute Gasteiger partial charge is 0.493 e. The minimum Gasteiger partial charge on any atom is -0.493 e. The second kappa shape index (κ2) is 4.22. The van der Waals surface area contributed by atoms with Gasteiger partial charge in [-0.3, -0.25) is 0 Å². The Morgan fingerprint density at radius 2 is 1.82 bits per heavy atom. The van der Waals surface area contributed by atoms with Crippen LogP contribution in [-0.2, 0) is 0 Å². The first kappa shape index (κ1) is 10.4. The third-order valence-electron chi connectivity index (χ3n) is 3.12. The molecule has 0 saturated heterocycles. The van der Waals surface area contributed by atoms with E-state index in [9.17, 15) is 5.11 Å². The van der Waals surface area contributed by atoms with Crippen LogP contribution in [0.25, 0.3) is 11.1 Å². The zero-order valence-corrected chi connectivity index (χ0v) is 9.47. The molecule has 2 aromatic carbocycles. The summed E-state index contributed by atoms with van der Waals surface area (Å²) in [5.74, 6) is 0.809.